The molecule has 98 valence electrons. The quantitative estimate of drug-likeness (QED) is 0.895. The maximum atomic E-state index is 11.7. The SMILES string of the molecule is O=C(Cn1cccn1)Nc1cc(Cl)cc(C(=O)O)c1. The lowest BCUT2D eigenvalue weighted by molar-refractivity contribution is -0.116. The number of aromatic nitrogens is 2. The average molecular weight is 280 g/mol. The van der Waals surface area contributed by atoms with Gasteiger partial charge in [0.1, 0.15) is 6.54 Å². The molecule has 7 heteroatoms. The molecule has 2 N–H and O–H groups in total. The first-order valence-corrected chi connectivity index (χ1v) is 5.73. The minimum absolute atomic E-state index is 0.0156. The van der Waals surface area contributed by atoms with E-state index in [-0.39, 0.29) is 23.0 Å². The molecule has 0 spiro atoms. The minimum atomic E-state index is -1.11. The lowest BCUT2D eigenvalue weighted by Gasteiger charge is -2.07. The van der Waals surface area contributed by atoms with Crippen LogP contribution in [0.15, 0.2) is 36.7 Å². The van der Waals surface area contributed by atoms with E-state index < -0.39 is 5.97 Å². The van der Waals surface area contributed by atoms with Crippen molar-refractivity contribution in [2.45, 2.75) is 6.54 Å². The second-order valence-corrected chi connectivity index (χ2v) is 4.22. The highest BCUT2D eigenvalue weighted by Gasteiger charge is 2.09. The zero-order chi connectivity index (χ0) is 13.8. The number of hydrogen-bond acceptors (Lipinski definition) is 3. The van der Waals surface area contributed by atoms with Gasteiger partial charge in [0.15, 0.2) is 0 Å². The van der Waals surface area contributed by atoms with Gasteiger partial charge in [0.25, 0.3) is 0 Å². The summed E-state index contributed by atoms with van der Waals surface area (Å²) in [6.07, 6.45) is 3.22. The molecule has 0 aliphatic heterocycles. The Bertz CT molecular complexity index is 611. The van der Waals surface area contributed by atoms with E-state index in [2.05, 4.69) is 10.4 Å². The predicted molar refractivity (Wildman–Crippen MR) is 69.3 cm³/mol. The first-order chi connectivity index (χ1) is 9.04. The summed E-state index contributed by atoms with van der Waals surface area (Å²) in [5.41, 5.74) is 0.351. The molecular weight excluding hydrogens is 270 g/mol. The molecule has 0 aliphatic carbocycles. The lowest BCUT2D eigenvalue weighted by atomic mass is 10.2. The van der Waals surface area contributed by atoms with Crippen molar-refractivity contribution >= 4 is 29.2 Å². The second-order valence-electron chi connectivity index (χ2n) is 3.79. The van der Waals surface area contributed by atoms with E-state index in [1.807, 2.05) is 0 Å². The van der Waals surface area contributed by atoms with E-state index in [9.17, 15) is 9.59 Å². The summed E-state index contributed by atoms with van der Waals surface area (Å²) in [5.74, 6) is -1.42. The van der Waals surface area contributed by atoms with Gasteiger partial charge in [0.2, 0.25) is 5.91 Å². The van der Waals surface area contributed by atoms with Gasteiger partial charge in [-0.2, -0.15) is 5.10 Å². The van der Waals surface area contributed by atoms with Crippen LogP contribution in [0.2, 0.25) is 5.02 Å². The monoisotopic (exact) mass is 279 g/mol. The van der Waals surface area contributed by atoms with Gasteiger partial charge in [-0.15, -0.1) is 0 Å². The Balaban J connectivity index is 2.10. The van der Waals surface area contributed by atoms with Crippen molar-refractivity contribution in [2.24, 2.45) is 0 Å². The van der Waals surface area contributed by atoms with Crippen LogP contribution in [-0.2, 0) is 11.3 Å². The lowest BCUT2D eigenvalue weighted by Crippen LogP contribution is -2.19. The average Bonchev–Trinajstić information content (AvgIpc) is 2.80. The van der Waals surface area contributed by atoms with Crippen molar-refractivity contribution in [1.82, 2.24) is 9.78 Å². The smallest absolute Gasteiger partial charge is 0.335 e. The standard InChI is InChI=1S/C12H10ClN3O3/c13-9-4-8(12(18)19)5-10(6-9)15-11(17)7-16-3-1-2-14-16/h1-6H,7H2,(H,15,17)(H,18,19). The number of amides is 1. The van der Waals surface area contributed by atoms with Crippen molar-refractivity contribution in [3.63, 3.8) is 0 Å². The van der Waals surface area contributed by atoms with Crippen molar-refractivity contribution in [2.75, 3.05) is 5.32 Å². The Kier molecular flexibility index (Phi) is 3.82. The largest absolute Gasteiger partial charge is 0.478 e. The maximum Gasteiger partial charge on any atom is 0.335 e. The third-order valence-electron chi connectivity index (χ3n) is 2.29. The number of halogens is 1. The molecule has 0 unspecified atom stereocenters. The van der Waals surface area contributed by atoms with E-state index in [0.717, 1.165) is 0 Å². The van der Waals surface area contributed by atoms with Crippen LogP contribution in [0.4, 0.5) is 5.69 Å². The summed E-state index contributed by atoms with van der Waals surface area (Å²) < 4.78 is 1.46. The molecular formula is C12H10ClN3O3. The number of nitrogens with one attached hydrogen (secondary N) is 1. The highest BCUT2D eigenvalue weighted by atomic mass is 35.5. The number of carbonyl (C=O) groups excluding carboxylic acids is 1. The van der Waals surface area contributed by atoms with Gasteiger partial charge < -0.3 is 10.4 Å². The summed E-state index contributed by atoms with van der Waals surface area (Å²) in [5, 5.41) is 15.6. The predicted octanol–water partition coefficient (Wildman–Crippen LogP) is 1.87. The van der Waals surface area contributed by atoms with Crippen LogP contribution in [0.3, 0.4) is 0 Å². The molecule has 2 rings (SSSR count). The number of carboxylic acids is 1. The molecule has 0 saturated carbocycles. The van der Waals surface area contributed by atoms with Gasteiger partial charge >= 0.3 is 5.97 Å². The van der Waals surface area contributed by atoms with Gasteiger partial charge in [0.05, 0.1) is 5.56 Å². The topological polar surface area (TPSA) is 84.2 Å². The molecule has 0 saturated heterocycles. The molecule has 0 atom stereocenters. The summed E-state index contributed by atoms with van der Waals surface area (Å²) >= 11 is 5.79. The molecule has 1 aromatic heterocycles. The van der Waals surface area contributed by atoms with Crippen LogP contribution in [0, 0.1) is 0 Å². The summed E-state index contributed by atoms with van der Waals surface area (Å²) in [7, 11) is 0. The first-order valence-electron chi connectivity index (χ1n) is 5.36. The van der Waals surface area contributed by atoms with Crippen LogP contribution in [-0.4, -0.2) is 26.8 Å². The Morgan fingerprint density at radius 1 is 1.37 bits per heavy atom. The highest BCUT2D eigenvalue weighted by molar-refractivity contribution is 6.31. The molecule has 1 amide bonds. The maximum absolute atomic E-state index is 11.7. The van der Waals surface area contributed by atoms with Gasteiger partial charge in [-0.1, -0.05) is 11.6 Å². The Labute approximate surface area is 113 Å². The number of anilines is 1. The van der Waals surface area contributed by atoms with E-state index in [0.29, 0.717) is 5.69 Å². The van der Waals surface area contributed by atoms with Gasteiger partial charge in [-0.05, 0) is 24.3 Å². The van der Waals surface area contributed by atoms with Crippen molar-refractivity contribution in [1.29, 1.82) is 0 Å². The fourth-order valence-electron chi connectivity index (χ4n) is 1.53. The normalized spacial score (nSPS) is 10.2. The molecule has 1 aromatic carbocycles. The van der Waals surface area contributed by atoms with Crippen LogP contribution in [0.5, 0.6) is 0 Å². The van der Waals surface area contributed by atoms with Crippen LogP contribution in [0.25, 0.3) is 0 Å². The van der Waals surface area contributed by atoms with Gasteiger partial charge in [-0.25, -0.2) is 4.79 Å². The van der Waals surface area contributed by atoms with Crippen LogP contribution in [0.1, 0.15) is 10.4 Å². The zero-order valence-electron chi connectivity index (χ0n) is 9.71. The van der Waals surface area contributed by atoms with E-state index >= 15 is 0 Å². The molecule has 2 aromatic rings. The molecule has 1 heterocycles. The van der Waals surface area contributed by atoms with E-state index in [1.165, 1.54) is 22.9 Å². The number of carbonyl (C=O) groups is 2. The van der Waals surface area contributed by atoms with E-state index in [4.69, 9.17) is 16.7 Å². The number of hydrogen-bond donors (Lipinski definition) is 2. The van der Waals surface area contributed by atoms with Crippen molar-refractivity contribution < 1.29 is 14.7 Å². The molecule has 0 radical (unpaired) electrons. The number of carboxylic acid groups (broad SMARTS) is 1. The fourth-order valence-corrected chi connectivity index (χ4v) is 1.76. The second kappa shape index (κ2) is 5.53. The number of nitrogens with zero attached hydrogens (tertiary/aromatic N) is 2. The Hall–Kier alpha value is -2.34. The molecule has 0 fully saturated rings. The van der Waals surface area contributed by atoms with Gasteiger partial charge in [0, 0.05) is 23.1 Å². The summed E-state index contributed by atoms with van der Waals surface area (Å²) in [6.45, 7) is 0.0436. The van der Waals surface area contributed by atoms with Crippen LogP contribution < -0.4 is 5.32 Å². The van der Waals surface area contributed by atoms with Crippen LogP contribution >= 0.6 is 11.6 Å². The fraction of sp³-hybridized carbons (Fsp3) is 0.0833. The first kappa shape index (κ1) is 13.1. The number of benzene rings is 1. The summed E-state index contributed by atoms with van der Waals surface area (Å²) in [6, 6.07) is 5.84. The third-order valence-corrected chi connectivity index (χ3v) is 2.51. The van der Waals surface area contributed by atoms with Gasteiger partial charge in [-0.3, -0.25) is 9.48 Å². The Morgan fingerprint density at radius 2 is 2.16 bits per heavy atom. The van der Waals surface area contributed by atoms with Crippen molar-refractivity contribution in [3.8, 4) is 0 Å². The van der Waals surface area contributed by atoms with Crippen molar-refractivity contribution in [3.05, 3.63) is 47.2 Å². The number of rotatable bonds is 4. The summed E-state index contributed by atoms with van der Waals surface area (Å²) in [4.78, 5) is 22.6. The Morgan fingerprint density at radius 3 is 2.79 bits per heavy atom. The van der Waals surface area contributed by atoms with E-state index in [1.54, 1.807) is 18.5 Å². The number of aromatic carboxylic acids is 1. The highest BCUT2D eigenvalue weighted by Crippen LogP contribution is 2.19. The molecule has 0 bridgehead atoms. The molecule has 0 aliphatic rings. The zero-order valence-corrected chi connectivity index (χ0v) is 10.5. The molecule has 6 nitrogen and oxygen atoms in total. The minimum Gasteiger partial charge on any atom is -0.478 e. The molecule has 19 heavy (non-hydrogen) atoms. The third kappa shape index (κ3) is 3.56.